The molecule has 1 saturated heterocycles. The lowest BCUT2D eigenvalue weighted by Crippen LogP contribution is -2.19. The minimum absolute atomic E-state index is 0.120. The third-order valence-corrected chi connectivity index (χ3v) is 4.14. The van der Waals surface area contributed by atoms with Gasteiger partial charge in [0.05, 0.1) is 10.6 Å². The monoisotopic (exact) mass is 309 g/mol. The Morgan fingerprint density at radius 3 is 2.59 bits per heavy atom. The van der Waals surface area contributed by atoms with Gasteiger partial charge in [-0.3, -0.25) is 9.78 Å². The van der Waals surface area contributed by atoms with E-state index in [1.807, 2.05) is 30.3 Å². The Bertz CT molecular complexity index is 736. The van der Waals surface area contributed by atoms with Gasteiger partial charge in [0.15, 0.2) is 5.17 Å². The van der Waals surface area contributed by atoms with E-state index < -0.39 is 0 Å². The number of thioether (sulfide) groups is 1. The van der Waals surface area contributed by atoms with Crippen LogP contribution < -0.4 is 5.32 Å². The molecule has 2 heterocycles. The van der Waals surface area contributed by atoms with E-state index in [9.17, 15) is 4.79 Å². The van der Waals surface area contributed by atoms with Crippen LogP contribution in [0.4, 0.5) is 5.69 Å². The van der Waals surface area contributed by atoms with E-state index in [2.05, 4.69) is 34.3 Å². The molecule has 0 atom stereocenters. The zero-order chi connectivity index (χ0) is 15.4. The fraction of sp³-hybridized carbons (Fsp3) is 0.118. The summed E-state index contributed by atoms with van der Waals surface area (Å²) in [6.45, 7) is 2.12. The SMILES string of the molecule is CCc1ccc(N=C2NC(=O)/C(=C/c3ccncc3)S2)cc1. The van der Waals surface area contributed by atoms with Crippen molar-refractivity contribution in [3.8, 4) is 0 Å². The highest BCUT2D eigenvalue weighted by atomic mass is 32.2. The molecule has 1 amide bonds. The molecule has 5 heteroatoms. The molecule has 0 spiro atoms. The molecule has 0 saturated carbocycles. The third-order valence-electron chi connectivity index (χ3n) is 3.23. The van der Waals surface area contributed by atoms with Gasteiger partial charge in [-0.15, -0.1) is 0 Å². The molecule has 1 fully saturated rings. The van der Waals surface area contributed by atoms with Crippen LogP contribution in [0.25, 0.3) is 6.08 Å². The summed E-state index contributed by atoms with van der Waals surface area (Å²) in [4.78, 5) is 21.1. The smallest absolute Gasteiger partial charge is 0.264 e. The van der Waals surface area contributed by atoms with Crippen LogP contribution in [-0.2, 0) is 11.2 Å². The van der Waals surface area contributed by atoms with E-state index in [0.29, 0.717) is 10.1 Å². The Morgan fingerprint density at radius 1 is 1.18 bits per heavy atom. The van der Waals surface area contributed by atoms with Crippen molar-refractivity contribution in [1.29, 1.82) is 0 Å². The van der Waals surface area contributed by atoms with Crippen LogP contribution >= 0.6 is 11.8 Å². The summed E-state index contributed by atoms with van der Waals surface area (Å²) in [5.74, 6) is -0.120. The van der Waals surface area contributed by atoms with Crippen LogP contribution in [0, 0.1) is 0 Å². The van der Waals surface area contributed by atoms with E-state index in [0.717, 1.165) is 17.7 Å². The molecule has 1 aliphatic heterocycles. The topological polar surface area (TPSA) is 54.4 Å². The number of aliphatic imine (C=N–C) groups is 1. The summed E-state index contributed by atoms with van der Waals surface area (Å²) in [5, 5.41) is 3.40. The van der Waals surface area contributed by atoms with Crippen LogP contribution in [0.1, 0.15) is 18.1 Å². The maximum atomic E-state index is 12.0. The van der Waals surface area contributed by atoms with Gasteiger partial charge in [0, 0.05) is 12.4 Å². The van der Waals surface area contributed by atoms with Crippen LogP contribution in [0.5, 0.6) is 0 Å². The minimum atomic E-state index is -0.120. The van der Waals surface area contributed by atoms with Gasteiger partial charge in [0.1, 0.15) is 0 Å². The predicted molar refractivity (Wildman–Crippen MR) is 90.9 cm³/mol. The minimum Gasteiger partial charge on any atom is -0.300 e. The van der Waals surface area contributed by atoms with Crippen molar-refractivity contribution in [1.82, 2.24) is 10.3 Å². The molecular weight excluding hydrogens is 294 g/mol. The maximum Gasteiger partial charge on any atom is 0.264 e. The van der Waals surface area contributed by atoms with E-state index in [1.165, 1.54) is 17.3 Å². The molecule has 1 aromatic carbocycles. The number of nitrogens with one attached hydrogen (secondary N) is 1. The molecular formula is C17H15N3OS. The lowest BCUT2D eigenvalue weighted by atomic mass is 10.2. The van der Waals surface area contributed by atoms with Gasteiger partial charge in [-0.25, -0.2) is 4.99 Å². The average Bonchev–Trinajstić information content (AvgIpc) is 2.88. The normalized spacial score (nSPS) is 18.0. The number of hydrogen-bond donors (Lipinski definition) is 1. The molecule has 110 valence electrons. The van der Waals surface area contributed by atoms with Crippen molar-refractivity contribution in [2.24, 2.45) is 4.99 Å². The number of rotatable bonds is 3. The number of aromatic nitrogens is 1. The second-order valence-electron chi connectivity index (χ2n) is 4.78. The largest absolute Gasteiger partial charge is 0.300 e. The van der Waals surface area contributed by atoms with E-state index in [4.69, 9.17) is 0 Å². The Hall–Kier alpha value is -2.40. The van der Waals surface area contributed by atoms with Gasteiger partial charge in [-0.05, 0) is 59.7 Å². The molecule has 22 heavy (non-hydrogen) atoms. The molecule has 0 radical (unpaired) electrons. The molecule has 1 N–H and O–H groups in total. The van der Waals surface area contributed by atoms with Crippen molar-refractivity contribution in [2.75, 3.05) is 0 Å². The summed E-state index contributed by atoms with van der Waals surface area (Å²) in [7, 11) is 0. The van der Waals surface area contributed by atoms with Crippen LogP contribution in [0.3, 0.4) is 0 Å². The highest BCUT2D eigenvalue weighted by Gasteiger charge is 2.23. The van der Waals surface area contributed by atoms with Gasteiger partial charge >= 0.3 is 0 Å². The van der Waals surface area contributed by atoms with Gasteiger partial charge in [-0.2, -0.15) is 0 Å². The van der Waals surface area contributed by atoms with Crippen LogP contribution in [0.2, 0.25) is 0 Å². The van der Waals surface area contributed by atoms with Crippen LogP contribution in [0.15, 0.2) is 58.7 Å². The molecule has 3 rings (SSSR count). The molecule has 1 aliphatic rings. The molecule has 0 unspecified atom stereocenters. The van der Waals surface area contributed by atoms with Crippen molar-refractivity contribution in [3.05, 3.63) is 64.8 Å². The van der Waals surface area contributed by atoms with Crippen molar-refractivity contribution in [3.63, 3.8) is 0 Å². The summed E-state index contributed by atoms with van der Waals surface area (Å²) in [5.41, 5.74) is 3.05. The van der Waals surface area contributed by atoms with E-state index >= 15 is 0 Å². The second-order valence-corrected chi connectivity index (χ2v) is 5.81. The highest BCUT2D eigenvalue weighted by molar-refractivity contribution is 8.18. The Kier molecular flexibility index (Phi) is 4.34. The zero-order valence-electron chi connectivity index (χ0n) is 12.1. The number of aryl methyl sites for hydroxylation is 1. The number of amides is 1. The number of nitrogens with zero attached hydrogens (tertiary/aromatic N) is 2. The number of benzene rings is 1. The first-order valence-corrected chi connectivity index (χ1v) is 7.85. The number of carbonyl (C=O) groups is 1. The lowest BCUT2D eigenvalue weighted by Gasteiger charge is -1.98. The molecule has 1 aromatic heterocycles. The number of pyridine rings is 1. The number of amidine groups is 1. The molecule has 2 aromatic rings. The number of hydrogen-bond acceptors (Lipinski definition) is 4. The van der Waals surface area contributed by atoms with Crippen molar-refractivity contribution < 1.29 is 4.79 Å². The third kappa shape index (κ3) is 3.43. The van der Waals surface area contributed by atoms with E-state index in [-0.39, 0.29) is 5.91 Å². The first-order valence-electron chi connectivity index (χ1n) is 7.03. The Balaban J connectivity index is 1.79. The fourth-order valence-corrected chi connectivity index (χ4v) is 2.86. The highest BCUT2D eigenvalue weighted by Crippen LogP contribution is 2.27. The fourth-order valence-electron chi connectivity index (χ4n) is 2.02. The van der Waals surface area contributed by atoms with Crippen LogP contribution in [-0.4, -0.2) is 16.1 Å². The summed E-state index contributed by atoms with van der Waals surface area (Å²) in [6, 6.07) is 11.7. The maximum absolute atomic E-state index is 12.0. The molecule has 0 aliphatic carbocycles. The van der Waals surface area contributed by atoms with Gasteiger partial charge in [0.2, 0.25) is 0 Å². The first kappa shape index (κ1) is 14.5. The Morgan fingerprint density at radius 2 is 1.91 bits per heavy atom. The summed E-state index contributed by atoms with van der Waals surface area (Å²) < 4.78 is 0. The number of carbonyl (C=O) groups excluding carboxylic acids is 1. The molecule has 0 bridgehead atoms. The van der Waals surface area contributed by atoms with Crippen molar-refractivity contribution >= 4 is 34.6 Å². The first-order chi connectivity index (χ1) is 10.7. The van der Waals surface area contributed by atoms with Gasteiger partial charge in [-0.1, -0.05) is 19.1 Å². The zero-order valence-corrected chi connectivity index (χ0v) is 12.9. The lowest BCUT2D eigenvalue weighted by molar-refractivity contribution is -0.115. The summed E-state index contributed by atoms with van der Waals surface area (Å²) in [6.07, 6.45) is 6.24. The second kappa shape index (κ2) is 6.58. The summed E-state index contributed by atoms with van der Waals surface area (Å²) >= 11 is 1.35. The van der Waals surface area contributed by atoms with Crippen molar-refractivity contribution in [2.45, 2.75) is 13.3 Å². The quantitative estimate of drug-likeness (QED) is 0.882. The Labute approximate surface area is 133 Å². The van der Waals surface area contributed by atoms with Gasteiger partial charge in [0.25, 0.3) is 5.91 Å². The van der Waals surface area contributed by atoms with Gasteiger partial charge < -0.3 is 5.32 Å². The van der Waals surface area contributed by atoms with E-state index in [1.54, 1.807) is 12.4 Å². The average molecular weight is 309 g/mol. The standard InChI is InChI=1S/C17H15N3OS/c1-2-12-3-5-14(6-4-12)19-17-20-16(21)15(22-17)11-13-7-9-18-10-8-13/h3-11H,2H2,1H3,(H,19,20,21)/b15-11-. The molecule has 4 nitrogen and oxygen atoms in total. The predicted octanol–water partition coefficient (Wildman–Crippen LogP) is 3.54.